The standard InChI is InChI=1S/C26H28ClN3O7/c1-3-36-21-10-9-16(13-22(21)37-4-2)19(14-23(32)33)28-26(35)29-24-20(31)11-12-30(25(24)34)15-17-7-5-6-8-18(17)27/h5-13,19,31H,3-4,14-15H2,1-2H3,(H,32,33)(H2,28,29,35)/t19-/m0/s1. The van der Waals surface area contributed by atoms with E-state index in [2.05, 4.69) is 10.6 Å². The van der Waals surface area contributed by atoms with Gasteiger partial charge in [0.15, 0.2) is 17.2 Å². The van der Waals surface area contributed by atoms with Crippen LogP contribution in [-0.2, 0) is 11.3 Å². The predicted octanol–water partition coefficient (Wildman–Crippen LogP) is 4.39. The number of carbonyl (C=O) groups excluding carboxylic acids is 1. The van der Waals surface area contributed by atoms with E-state index in [9.17, 15) is 24.6 Å². The molecule has 0 fully saturated rings. The third-order valence-electron chi connectivity index (χ3n) is 5.33. The van der Waals surface area contributed by atoms with Gasteiger partial charge in [0.05, 0.1) is 32.2 Å². The molecule has 37 heavy (non-hydrogen) atoms. The molecule has 1 atom stereocenters. The van der Waals surface area contributed by atoms with Crippen LogP contribution in [0.4, 0.5) is 10.5 Å². The van der Waals surface area contributed by atoms with E-state index in [1.54, 1.807) is 49.4 Å². The van der Waals surface area contributed by atoms with Gasteiger partial charge in [-0.3, -0.25) is 9.59 Å². The highest BCUT2D eigenvalue weighted by molar-refractivity contribution is 6.31. The quantitative estimate of drug-likeness (QED) is 0.289. The Labute approximate surface area is 218 Å². The van der Waals surface area contributed by atoms with Gasteiger partial charge >= 0.3 is 12.0 Å². The number of carboxylic acid groups (broad SMARTS) is 1. The van der Waals surface area contributed by atoms with Gasteiger partial charge in [-0.1, -0.05) is 35.9 Å². The summed E-state index contributed by atoms with van der Waals surface area (Å²) in [6, 6.07) is 11.3. The summed E-state index contributed by atoms with van der Waals surface area (Å²) in [6.45, 7) is 4.50. The second-order valence-corrected chi connectivity index (χ2v) is 8.33. The number of anilines is 1. The lowest BCUT2D eigenvalue weighted by molar-refractivity contribution is -0.137. The summed E-state index contributed by atoms with van der Waals surface area (Å²) in [5, 5.41) is 25.0. The summed E-state index contributed by atoms with van der Waals surface area (Å²) in [6.07, 6.45) is 0.941. The number of hydrogen-bond acceptors (Lipinski definition) is 6. The Hall–Kier alpha value is -4.18. The number of nitrogens with one attached hydrogen (secondary N) is 2. The number of carboxylic acids is 1. The van der Waals surface area contributed by atoms with Gasteiger partial charge < -0.3 is 34.9 Å². The molecule has 1 aromatic heterocycles. The second kappa shape index (κ2) is 12.7. The van der Waals surface area contributed by atoms with Crippen LogP contribution in [0.2, 0.25) is 5.02 Å². The number of aliphatic carboxylic acids is 1. The van der Waals surface area contributed by atoms with Crippen LogP contribution < -0.4 is 25.7 Å². The first-order valence-corrected chi connectivity index (χ1v) is 12.0. The van der Waals surface area contributed by atoms with Gasteiger partial charge in [0.1, 0.15) is 5.75 Å². The molecule has 0 unspecified atom stereocenters. The van der Waals surface area contributed by atoms with Crippen molar-refractivity contribution in [2.45, 2.75) is 32.9 Å². The monoisotopic (exact) mass is 529 g/mol. The highest BCUT2D eigenvalue weighted by Crippen LogP contribution is 2.32. The van der Waals surface area contributed by atoms with E-state index in [1.165, 1.54) is 16.8 Å². The van der Waals surface area contributed by atoms with Crippen molar-refractivity contribution in [3.8, 4) is 17.2 Å². The number of rotatable bonds is 11. The Balaban J connectivity index is 1.84. The van der Waals surface area contributed by atoms with Crippen molar-refractivity contribution in [3.63, 3.8) is 0 Å². The number of urea groups is 1. The lowest BCUT2D eigenvalue weighted by Gasteiger charge is -2.20. The molecule has 4 N–H and O–H groups in total. The lowest BCUT2D eigenvalue weighted by Crippen LogP contribution is -2.36. The Kier molecular flexibility index (Phi) is 9.39. The van der Waals surface area contributed by atoms with Gasteiger partial charge in [0.2, 0.25) is 0 Å². The maximum Gasteiger partial charge on any atom is 0.319 e. The minimum atomic E-state index is -1.15. The van der Waals surface area contributed by atoms with Crippen molar-refractivity contribution in [1.29, 1.82) is 0 Å². The number of amides is 2. The Morgan fingerprint density at radius 2 is 1.76 bits per heavy atom. The van der Waals surface area contributed by atoms with E-state index in [0.717, 1.165) is 0 Å². The average molecular weight is 530 g/mol. The molecule has 0 bridgehead atoms. The van der Waals surface area contributed by atoms with E-state index < -0.39 is 35.8 Å². The number of ether oxygens (including phenoxy) is 2. The smallest absolute Gasteiger partial charge is 0.319 e. The van der Waals surface area contributed by atoms with E-state index >= 15 is 0 Å². The third-order valence-corrected chi connectivity index (χ3v) is 5.70. The number of halogens is 1. The van der Waals surface area contributed by atoms with Crippen molar-refractivity contribution in [1.82, 2.24) is 9.88 Å². The maximum atomic E-state index is 13.0. The molecular weight excluding hydrogens is 502 g/mol. The molecule has 1 heterocycles. The maximum absolute atomic E-state index is 13.0. The number of aromatic nitrogens is 1. The molecule has 196 valence electrons. The van der Waals surface area contributed by atoms with Crippen LogP contribution in [0.5, 0.6) is 17.2 Å². The van der Waals surface area contributed by atoms with Crippen molar-refractivity contribution in [3.05, 3.63) is 81.2 Å². The molecule has 10 nitrogen and oxygen atoms in total. The SMILES string of the molecule is CCOc1ccc([C@H](CC(=O)O)NC(=O)Nc2c(O)ccn(Cc3ccccc3Cl)c2=O)cc1OCC. The van der Waals surface area contributed by atoms with Gasteiger partial charge in [-0.15, -0.1) is 0 Å². The zero-order valence-corrected chi connectivity index (χ0v) is 21.1. The highest BCUT2D eigenvalue weighted by Gasteiger charge is 2.22. The average Bonchev–Trinajstić information content (AvgIpc) is 2.85. The molecule has 0 saturated carbocycles. The number of aromatic hydroxyl groups is 1. The third kappa shape index (κ3) is 7.17. The first-order chi connectivity index (χ1) is 17.7. The van der Waals surface area contributed by atoms with Crippen LogP contribution in [0.25, 0.3) is 0 Å². The van der Waals surface area contributed by atoms with Gasteiger partial charge in [-0.2, -0.15) is 0 Å². The van der Waals surface area contributed by atoms with Gasteiger partial charge in [0, 0.05) is 11.2 Å². The predicted molar refractivity (Wildman–Crippen MR) is 139 cm³/mol. The van der Waals surface area contributed by atoms with Crippen LogP contribution in [0, 0.1) is 0 Å². The summed E-state index contributed by atoms with van der Waals surface area (Å²) >= 11 is 6.19. The normalized spacial score (nSPS) is 11.4. The summed E-state index contributed by atoms with van der Waals surface area (Å²) < 4.78 is 12.4. The molecule has 0 spiro atoms. The van der Waals surface area contributed by atoms with Crippen LogP contribution in [0.1, 0.15) is 37.4 Å². The number of hydrogen-bond donors (Lipinski definition) is 4. The molecule has 0 aliphatic heterocycles. The molecule has 0 radical (unpaired) electrons. The number of nitrogens with zero attached hydrogens (tertiary/aromatic N) is 1. The largest absolute Gasteiger partial charge is 0.505 e. The number of pyridine rings is 1. The van der Waals surface area contributed by atoms with E-state index in [4.69, 9.17) is 21.1 Å². The van der Waals surface area contributed by atoms with Crippen LogP contribution in [0.3, 0.4) is 0 Å². The highest BCUT2D eigenvalue weighted by atomic mass is 35.5. The summed E-state index contributed by atoms with van der Waals surface area (Å²) in [7, 11) is 0. The fraction of sp³-hybridized carbons (Fsp3) is 0.269. The Bertz CT molecular complexity index is 1330. The van der Waals surface area contributed by atoms with E-state index in [0.29, 0.717) is 40.9 Å². The summed E-state index contributed by atoms with van der Waals surface area (Å²) in [5.41, 5.74) is 0.111. The summed E-state index contributed by atoms with van der Waals surface area (Å²) in [5.74, 6) is -0.700. The Morgan fingerprint density at radius 3 is 2.43 bits per heavy atom. The summed E-state index contributed by atoms with van der Waals surface area (Å²) in [4.78, 5) is 37.3. The molecule has 11 heteroatoms. The van der Waals surface area contributed by atoms with Crippen LogP contribution in [-0.4, -0.2) is 40.0 Å². The topological polar surface area (TPSA) is 139 Å². The van der Waals surface area contributed by atoms with Crippen LogP contribution in [0.15, 0.2) is 59.5 Å². The number of carbonyl (C=O) groups is 2. The van der Waals surface area contributed by atoms with Gasteiger partial charge in [0.25, 0.3) is 5.56 Å². The van der Waals surface area contributed by atoms with Gasteiger partial charge in [-0.05, 0) is 49.2 Å². The molecule has 0 aliphatic carbocycles. The number of benzene rings is 2. The van der Waals surface area contributed by atoms with E-state index in [-0.39, 0.29) is 12.2 Å². The van der Waals surface area contributed by atoms with Crippen molar-refractivity contribution < 1.29 is 29.3 Å². The fourth-order valence-corrected chi connectivity index (χ4v) is 3.83. The van der Waals surface area contributed by atoms with Crippen molar-refractivity contribution in [2.75, 3.05) is 18.5 Å². The van der Waals surface area contributed by atoms with Crippen molar-refractivity contribution in [2.24, 2.45) is 0 Å². The molecular formula is C26H28ClN3O7. The molecule has 0 saturated heterocycles. The van der Waals surface area contributed by atoms with E-state index in [1.807, 2.05) is 6.92 Å². The minimum absolute atomic E-state index is 0.114. The molecule has 0 aliphatic rings. The Morgan fingerprint density at radius 1 is 1.05 bits per heavy atom. The fourth-order valence-electron chi connectivity index (χ4n) is 3.64. The molecule has 2 aromatic carbocycles. The van der Waals surface area contributed by atoms with Crippen molar-refractivity contribution >= 4 is 29.3 Å². The minimum Gasteiger partial charge on any atom is -0.505 e. The zero-order chi connectivity index (χ0) is 26.9. The molecule has 3 aromatic rings. The van der Waals surface area contributed by atoms with Crippen LogP contribution >= 0.6 is 11.6 Å². The first-order valence-electron chi connectivity index (χ1n) is 11.6. The first kappa shape index (κ1) is 27.4. The molecule has 2 amide bonds. The lowest BCUT2D eigenvalue weighted by atomic mass is 10.0. The molecule has 3 rings (SSSR count). The van der Waals surface area contributed by atoms with Gasteiger partial charge in [-0.25, -0.2) is 4.79 Å². The second-order valence-electron chi connectivity index (χ2n) is 7.92. The zero-order valence-electron chi connectivity index (χ0n) is 20.4.